The first-order chi connectivity index (χ1) is 13.3. The van der Waals surface area contributed by atoms with E-state index < -0.39 is 0 Å². The van der Waals surface area contributed by atoms with E-state index in [2.05, 4.69) is 15.6 Å². The molecule has 6 heteroatoms. The monoisotopic (exact) mass is 365 g/mol. The van der Waals surface area contributed by atoms with E-state index in [9.17, 15) is 4.79 Å². The van der Waals surface area contributed by atoms with Crippen molar-refractivity contribution in [1.82, 2.24) is 10.3 Å². The van der Waals surface area contributed by atoms with E-state index in [-0.39, 0.29) is 11.9 Å². The molecule has 1 aromatic carbocycles. The molecular formula is C21H23N3O3. The Morgan fingerprint density at radius 2 is 1.85 bits per heavy atom. The first-order valence-corrected chi connectivity index (χ1v) is 9.69. The molecule has 1 aliphatic heterocycles. The van der Waals surface area contributed by atoms with Gasteiger partial charge in [0.05, 0.1) is 11.6 Å². The van der Waals surface area contributed by atoms with Crippen LogP contribution in [-0.2, 0) is 0 Å². The third-order valence-electron chi connectivity index (χ3n) is 5.26. The number of hydrogen-bond donors (Lipinski definition) is 2. The molecule has 0 bridgehead atoms. The Kier molecular flexibility index (Phi) is 4.11. The maximum atomic E-state index is 12.8. The second-order valence-electron chi connectivity index (χ2n) is 7.54. The SMILES string of the molecule is O=C(N[C@@H](c1ccc2c(c1)OCCO2)C1CC1)c1ccc(NC2CC2)nc1. The Morgan fingerprint density at radius 3 is 2.56 bits per heavy atom. The van der Waals surface area contributed by atoms with Crippen molar-refractivity contribution in [3.63, 3.8) is 0 Å². The Hall–Kier alpha value is -2.76. The molecule has 2 aliphatic carbocycles. The molecule has 2 saturated carbocycles. The zero-order chi connectivity index (χ0) is 18.2. The molecule has 0 unspecified atom stereocenters. The standard InChI is InChI=1S/C21H23N3O3/c25-21(15-4-8-19(22-12-15)23-16-5-6-16)24-20(13-1-2-13)14-3-7-17-18(11-14)27-10-9-26-17/h3-4,7-8,11-13,16,20H,1-2,5-6,9-10H2,(H,22,23)(H,24,25)/t20-/m1/s1. The number of rotatable bonds is 6. The maximum absolute atomic E-state index is 12.8. The van der Waals surface area contributed by atoms with Gasteiger partial charge in [0.25, 0.3) is 5.91 Å². The summed E-state index contributed by atoms with van der Waals surface area (Å²) in [5, 5.41) is 6.53. The molecule has 3 aliphatic rings. The van der Waals surface area contributed by atoms with Gasteiger partial charge in [-0.2, -0.15) is 0 Å². The van der Waals surface area contributed by atoms with Crippen molar-refractivity contribution in [1.29, 1.82) is 0 Å². The van der Waals surface area contributed by atoms with Gasteiger partial charge in [-0.3, -0.25) is 4.79 Å². The maximum Gasteiger partial charge on any atom is 0.253 e. The van der Waals surface area contributed by atoms with Crippen molar-refractivity contribution in [3.05, 3.63) is 47.7 Å². The van der Waals surface area contributed by atoms with Gasteiger partial charge in [-0.05, 0) is 61.4 Å². The Bertz CT molecular complexity index is 844. The molecule has 2 fully saturated rings. The minimum absolute atomic E-state index is 0.0161. The molecule has 27 heavy (non-hydrogen) atoms. The fourth-order valence-electron chi connectivity index (χ4n) is 3.43. The quantitative estimate of drug-likeness (QED) is 0.822. The second kappa shape index (κ2) is 6.76. The second-order valence-corrected chi connectivity index (χ2v) is 7.54. The number of fused-ring (bicyclic) bond motifs is 1. The third-order valence-corrected chi connectivity index (χ3v) is 5.26. The normalized spacial score (nSPS) is 19.3. The van der Waals surface area contributed by atoms with Gasteiger partial charge in [0.15, 0.2) is 11.5 Å². The van der Waals surface area contributed by atoms with E-state index in [1.165, 1.54) is 12.8 Å². The zero-order valence-corrected chi connectivity index (χ0v) is 15.1. The van der Waals surface area contributed by atoms with Crippen LogP contribution in [0.2, 0.25) is 0 Å². The number of pyridine rings is 1. The molecule has 5 rings (SSSR count). The summed E-state index contributed by atoms with van der Waals surface area (Å²) in [6.45, 7) is 1.14. The number of ether oxygens (including phenoxy) is 2. The molecule has 6 nitrogen and oxygen atoms in total. The largest absolute Gasteiger partial charge is 0.486 e. The lowest BCUT2D eigenvalue weighted by atomic mass is 10.0. The number of benzene rings is 1. The van der Waals surface area contributed by atoms with Crippen molar-refractivity contribution in [2.24, 2.45) is 5.92 Å². The van der Waals surface area contributed by atoms with Crippen molar-refractivity contribution < 1.29 is 14.3 Å². The molecule has 140 valence electrons. The number of aromatic nitrogens is 1. The number of nitrogens with one attached hydrogen (secondary N) is 2. The van der Waals surface area contributed by atoms with Gasteiger partial charge in [-0.15, -0.1) is 0 Å². The van der Waals surface area contributed by atoms with Crippen LogP contribution in [0.25, 0.3) is 0 Å². The Balaban J connectivity index is 1.31. The molecular weight excluding hydrogens is 342 g/mol. The van der Waals surface area contributed by atoms with E-state index in [1.54, 1.807) is 6.20 Å². The summed E-state index contributed by atoms with van der Waals surface area (Å²) < 4.78 is 11.3. The molecule has 2 aromatic rings. The van der Waals surface area contributed by atoms with E-state index in [1.807, 2.05) is 30.3 Å². The van der Waals surface area contributed by atoms with Gasteiger partial charge in [-0.25, -0.2) is 4.98 Å². The number of carbonyl (C=O) groups excluding carboxylic acids is 1. The predicted octanol–water partition coefficient (Wildman–Crippen LogP) is 3.31. The number of anilines is 1. The molecule has 1 atom stereocenters. The smallest absolute Gasteiger partial charge is 0.253 e. The van der Waals surface area contributed by atoms with Gasteiger partial charge >= 0.3 is 0 Å². The average Bonchev–Trinajstić information content (AvgIpc) is 3.61. The molecule has 1 amide bonds. The number of hydrogen-bond acceptors (Lipinski definition) is 5. The summed E-state index contributed by atoms with van der Waals surface area (Å²) in [5.74, 6) is 2.75. The molecule has 2 N–H and O–H groups in total. The number of nitrogens with zero attached hydrogens (tertiary/aromatic N) is 1. The van der Waals surface area contributed by atoms with Crippen LogP contribution in [0.3, 0.4) is 0 Å². The summed E-state index contributed by atoms with van der Waals surface area (Å²) in [7, 11) is 0. The van der Waals surface area contributed by atoms with E-state index in [0.29, 0.717) is 30.7 Å². The summed E-state index contributed by atoms with van der Waals surface area (Å²) >= 11 is 0. The van der Waals surface area contributed by atoms with Crippen LogP contribution < -0.4 is 20.1 Å². The summed E-state index contributed by atoms with van der Waals surface area (Å²) in [6, 6.07) is 10.2. The molecule has 1 aromatic heterocycles. The highest BCUT2D eigenvalue weighted by Gasteiger charge is 2.34. The number of carbonyl (C=O) groups is 1. The predicted molar refractivity (Wildman–Crippen MR) is 101 cm³/mol. The van der Waals surface area contributed by atoms with Crippen LogP contribution in [0.5, 0.6) is 11.5 Å². The van der Waals surface area contributed by atoms with Crippen LogP contribution in [0, 0.1) is 5.92 Å². The highest BCUT2D eigenvalue weighted by Crippen LogP contribution is 2.43. The van der Waals surface area contributed by atoms with Gasteiger partial charge < -0.3 is 20.1 Å². The molecule has 2 heterocycles. The fourth-order valence-corrected chi connectivity index (χ4v) is 3.43. The van der Waals surface area contributed by atoms with Crippen molar-refractivity contribution in [3.8, 4) is 11.5 Å². The topological polar surface area (TPSA) is 72.5 Å². The summed E-state index contributed by atoms with van der Waals surface area (Å²) in [5.41, 5.74) is 1.65. The first-order valence-electron chi connectivity index (χ1n) is 9.69. The lowest BCUT2D eigenvalue weighted by Crippen LogP contribution is -2.30. The fraction of sp³-hybridized carbons (Fsp3) is 0.429. The van der Waals surface area contributed by atoms with Crippen molar-refractivity contribution in [2.75, 3.05) is 18.5 Å². The van der Waals surface area contributed by atoms with Crippen LogP contribution in [-0.4, -0.2) is 30.1 Å². The van der Waals surface area contributed by atoms with Crippen LogP contribution in [0.15, 0.2) is 36.5 Å². The van der Waals surface area contributed by atoms with Crippen LogP contribution in [0.4, 0.5) is 5.82 Å². The van der Waals surface area contributed by atoms with Gasteiger partial charge in [-0.1, -0.05) is 6.07 Å². The lowest BCUT2D eigenvalue weighted by molar-refractivity contribution is 0.0931. The van der Waals surface area contributed by atoms with E-state index in [0.717, 1.165) is 35.7 Å². The third kappa shape index (κ3) is 3.70. The minimum Gasteiger partial charge on any atom is -0.486 e. The van der Waals surface area contributed by atoms with Crippen LogP contribution in [0.1, 0.15) is 47.6 Å². The first kappa shape index (κ1) is 16.4. The Morgan fingerprint density at radius 1 is 1.04 bits per heavy atom. The Labute approximate surface area is 158 Å². The zero-order valence-electron chi connectivity index (χ0n) is 15.1. The highest BCUT2D eigenvalue weighted by molar-refractivity contribution is 5.94. The van der Waals surface area contributed by atoms with Gasteiger partial charge in [0.2, 0.25) is 0 Å². The van der Waals surface area contributed by atoms with E-state index >= 15 is 0 Å². The summed E-state index contributed by atoms with van der Waals surface area (Å²) in [4.78, 5) is 17.1. The van der Waals surface area contributed by atoms with Crippen LogP contribution >= 0.6 is 0 Å². The van der Waals surface area contributed by atoms with E-state index in [4.69, 9.17) is 9.47 Å². The van der Waals surface area contributed by atoms with Crippen molar-refractivity contribution >= 4 is 11.7 Å². The lowest BCUT2D eigenvalue weighted by Gasteiger charge is -2.23. The van der Waals surface area contributed by atoms with Gasteiger partial charge in [0.1, 0.15) is 19.0 Å². The average molecular weight is 365 g/mol. The molecule has 0 radical (unpaired) electrons. The highest BCUT2D eigenvalue weighted by atomic mass is 16.6. The summed E-state index contributed by atoms with van der Waals surface area (Å²) in [6.07, 6.45) is 6.29. The molecule has 0 saturated heterocycles. The molecule has 0 spiro atoms. The van der Waals surface area contributed by atoms with Gasteiger partial charge in [0, 0.05) is 12.2 Å². The number of amides is 1. The van der Waals surface area contributed by atoms with Crippen molar-refractivity contribution in [2.45, 2.75) is 37.8 Å². The minimum atomic E-state index is -0.0905.